The van der Waals surface area contributed by atoms with E-state index in [-0.39, 0.29) is 18.6 Å². The molecule has 0 heterocycles. The molecule has 0 saturated heterocycles. The molecule has 0 amide bonds. The normalized spacial score (nSPS) is 11.7. The van der Waals surface area contributed by atoms with Crippen LogP contribution in [0.5, 0.6) is 0 Å². The lowest BCUT2D eigenvalue weighted by molar-refractivity contribution is -0.136. The highest BCUT2D eigenvalue weighted by molar-refractivity contribution is 6.37. The third kappa shape index (κ3) is 3.76. The zero-order valence-corrected chi connectivity index (χ0v) is 12.5. The molecule has 0 aliphatic heterocycles. The fourth-order valence-corrected chi connectivity index (χ4v) is 2.35. The van der Waals surface area contributed by atoms with Gasteiger partial charge in [0.1, 0.15) is 0 Å². The SMILES string of the molecule is CCC(=O)C(=O)CC(C(=O)c1ccccc1)c1ccccc1. The lowest BCUT2D eigenvalue weighted by atomic mass is 9.86. The molecule has 2 aromatic rings. The van der Waals surface area contributed by atoms with Crippen LogP contribution in [0.15, 0.2) is 60.7 Å². The van der Waals surface area contributed by atoms with Crippen molar-refractivity contribution in [3.05, 3.63) is 71.8 Å². The second kappa shape index (κ2) is 7.46. The molecule has 3 nitrogen and oxygen atoms in total. The van der Waals surface area contributed by atoms with Crippen molar-refractivity contribution < 1.29 is 14.4 Å². The first-order chi connectivity index (χ1) is 10.6. The van der Waals surface area contributed by atoms with E-state index in [0.29, 0.717) is 5.56 Å². The van der Waals surface area contributed by atoms with E-state index in [0.717, 1.165) is 5.56 Å². The summed E-state index contributed by atoms with van der Waals surface area (Å²) in [7, 11) is 0. The molecule has 0 aromatic heterocycles. The molecular formula is C19H18O3. The Morgan fingerprint density at radius 2 is 1.36 bits per heavy atom. The molecule has 0 aliphatic rings. The zero-order valence-electron chi connectivity index (χ0n) is 12.5. The first-order valence-electron chi connectivity index (χ1n) is 7.33. The maximum atomic E-state index is 12.7. The van der Waals surface area contributed by atoms with E-state index in [1.54, 1.807) is 31.2 Å². The van der Waals surface area contributed by atoms with Crippen LogP contribution in [0.4, 0.5) is 0 Å². The largest absolute Gasteiger partial charge is 0.293 e. The number of rotatable bonds is 7. The third-order valence-corrected chi connectivity index (χ3v) is 3.60. The van der Waals surface area contributed by atoms with E-state index in [4.69, 9.17) is 0 Å². The van der Waals surface area contributed by atoms with Crippen molar-refractivity contribution in [3.8, 4) is 0 Å². The summed E-state index contributed by atoms with van der Waals surface area (Å²) in [5, 5.41) is 0. The molecule has 22 heavy (non-hydrogen) atoms. The van der Waals surface area contributed by atoms with Crippen molar-refractivity contribution >= 4 is 17.3 Å². The summed E-state index contributed by atoms with van der Waals surface area (Å²) in [4.78, 5) is 36.3. The topological polar surface area (TPSA) is 51.2 Å². The first kappa shape index (κ1) is 15.8. The van der Waals surface area contributed by atoms with Crippen molar-refractivity contribution in [2.24, 2.45) is 0 Å². The molecule has 0 N–H and O–H groups in total. The highest BCUT2D eigenvalue weighted by Gasteiger charge is 2.26. The van der Waals surface area contributed by atoms with Gasteiger partial charge in [-0.05, 0) is 5.56 Å². The summed E-state index contributed by atoms with van der Waals surface area (Å²) in [5.41, 5.74) is 1.31. The Hall–Kier alpha value is -2.55. The molecule has 3 heteroatoms. The monoisotopic (exact) mass is 294 g/mol. The van der Waals surface area contributed by atoms with Crippen molar-refractivity contribution in [1.82, 2.24) is 0 Å². The van der Waals surface area contributed by atoms with Crippen LogP contribution in [0, 0.1) is 0 Å². The van der Waals surface area contributed by atoms with Crippen LogP contribution in [-0.2, 0) is 9.59 Å². The average molecular weight is 294 g/mol. The van der Waals surface area contributed by atoms with Gasteiger partial charge in [0.15, 0.2) is 17.3 Å². The number of carbonyl (C=O) groups is 3. The van der Waals surface area contributed by atoms with Crippen LogP contribution >= 0.6 is 0 Å². The standard InChI is InChI=1S/C19H18O3/c1-2-17(20)18(21)13-16(14-9-5-3-6-10-14)19(22)15-11-7-4-8-12-15/h3-12,16H,2,13H2,1H3. The van der Waals surface area contributed by atoms with Crippen LogP contribution in [0.2, 0.25) is 0 Å². The number of carbonyl (C=O) groups excluding carboxylic acids is 3. The van der Waals surface area contributed by atoms with E-state index in [1.165, 1.54) is 0 Å². The fraction of sp³-hybridized carbons (Fsp3) is 0.211. The minimum atomic E-state index is -0.619. The molecule has 1 unspecified atom stereocenters. The number of hydrogen-bond donors (Lipinski definition) is 0. The van der Waals surface area contributed by atoms with E-state index in [9.17, 15) is 14.4 Å². The molecule has 0 aliphatic carbocycles. The fourth-order valence-electron chi connectivity index (χ4n) is 2.35. The predicted molar refractivity (Wildman–Crippen MR) is 84.9 cm³/mol. The van der Waals surface area contributed by atoms with Gasteiger partial charge in [0.05, 0.1) is 5.92 Å². The second-order valence-electron chi connectivity index (χ2n) is 5.10. The van der Waals surface area contributed by atoms with Crippen molar-refractivity contribution in [3.63, 3.8) is 0 Å². The van der Waals surface area contributed by atoms with Crippen LogP contribution in [-0.4, -0.2) is 17.3 Å². The minimum Gasteiger partial charge on any atom is -0.293 e. The summed E-state index contributed by atoms with van der Waals surface area (Å²) >= 11 is 0. The second-order valence-corrected chi connectivity index (χ2v) is 5.10. The van der Waals surface area contributed by atoms with Gasteiger partial charge in [0.2, 0.25) is 0 Å². The Morgan fingerprint density at radius 3 is 1.91 bits per heavy atom. The van der Waals surface area contributed by atoms with Crippen LogP contribution in [0.25, 0.3) is 0 Å². The quantitative estimate of drug-likeness (QED) is 0.579. The first-order valence-corrected chi connectivity index (χ1v) is 7.33. The maximum Gasteiger partial charge on any atom is 0.199 e. The Balaban J connectivity index is 2.32. The summed E-state index contributed by atoms with van der Waals surface area (Å²) in [5.74, 6) is -1.67. The van der Waals surface area contributed by atoms with E-state index in [1.807, 2.05) is 36.4 Å². The van der Waals surface area contributed by atoms with Gasteiger partial charge in [-0.3, -0.25) is 14.4 Å². The van der Waals surface area contributed by atoms with Gasteiger partial charge in [-0.2, -0.15) is 0 Å². The Morgan fingerprint density at radius 1 is 0.818 bits per heavy atom. The van der Waals surface area contributed by atoms with Crippen LogP contribution in [0.1, 0.15) is 41.6 Å². The third-order valence-electron chi connectivity index (χ3n) is 3.60. The number of ketones is 3. The Labute approximate surface area is 130 Å². The summed E-state index contributed by atoms with van der Waals surface area (Å²) in [6, 6.07) is 18.0. The van der Waals surface area contributed by atoms with E-state index >= 15 is 0 Å². The van der Waals surface area contributed by atoms with E-state index in [2.05, 4.69) is 0 Å². The van der Waals surface area contributed by atoms with Gasteiger partial charge in [-0.15, -0.1) is 0 Å². The molecule has 1 atom stereocenters. The van der Waals surface area contributed by atoms with Gasteiger partial charge in [-0.25, -0.2) is 0 Å². The maximum absolute atomic E-state index is 12.7. The minimum absolute atomic E-state index is 0.0790. The van der Waals surface area contributed by atoms with E-state index < -0.39 is 17.5 Å². The zero-order chi connectivity index (χ0) is 15.9. The smallest absolute Gasteiger partial charge is 0.199 e. The van der Waals surface area contributed by atoms with Crippen LogP contribution < -0.4 is 0 Å². The summed E-state index contributed by atoms with van der Waals surface area (Å²) < 4.78 is 0. The summed E-state index contributed by atoms with van der Waals surface area (Å²) in [6.45, 7) is 1.65. The lowest BCUT2D eigenvalue weighted by Crippen LogP contribution is -2.21. The Kier molecular flexibility index (Phi) is 5.37. The molecule has 0 bridgehead atoms. The molecule has 0 spiro atoms. The van der Waals surface area contributed by atoms with Crippen molar-refractivity contribution in [2.45, 2.75) is 25.7 Å². The molecule has 0 fully saturated rings. The molecular weight excluding hydrogens is 276 g/mol. The molecule has 112 valence electrons. The summed E-state index contributed by atoms with van der Waals surface area (Å²) in [6.07, 6.45) is 0.0876. The van der Waals surface area contributed by atoms with Gasteiger partial charge < -0.3 is 0 Å². The van der Waals surface area contributed by atoms with Gasteiger partial charge in [-0.1, -0.05) is 67.6 Å². The predicted octanol–water partition coefficient (Wildman–Crippen LogP) is 3.59. The number of Topliss-reactive ketones (excluding diaryl/α,β-unsaturated/α-hetero) is 3. The lowest BCUT2D eigenvalue weighted by Gasteiger charge is -2.15. The molecule has 2 rings (SSSR count). The Bertz CT molecular complexity index is 660. The van der Waals surface area contributed by atoms with Crippen molar-refractivity contribution in [1.29, 1.82) is 0 Å². The van der Waals surface area contributed by atoms with Gasteiger partial charge in [0.25, 0.3) is 0 Å². The molecule has 0 saturated carbocycles. The molecule has 2 aromatic carbocycles. The van der Waals surface area contributed by atoms with Gasteiger partial charge in [0, 0.05) is 18.4 Å². The van der Waals surface area contributed by atoms with Crippen molar-refractivity contribution in [2.75, 3.05) is 0 Å². The number of benzene rings is 2. The highest BCUT2D eigenvalue weighted by atomic mass is 16.2. The average Bonchev–Trinajstić information content (AvgIpc) is 2.59. The highest BCUT2D eigenvalue weighted by Crippen LogP contribution is 2.25. The van der Waals surface area contributed by atoms with Crippen LogP contribution in [0.3, 0.4) is 0 Å². The van der Waals surface area contributed by atoms with Gasteiger partial charge >= 0.3 is 0 Å². The molecule has 0 radical (unpaired) electrons. The number of hydrogen-bond acceptors (Lipinski definition) is 3.